The molecule has 4 rings (SSSR count). The summed E-state index contributed by atoms with van der Waals surface area (Å²) in [5.74, 6) is 0.833. The summed E-state index contributed by atoms with van der Waals surface area (Å²) >= 11 is 1.27. The largest absolute Gasteiger partial charge is 0.497 e. The number of aryl methyl sites for hydroxylation is 1. The van der Waals surface area contributed by atoms with Crippen LogP contribution in [0, 0.1) is 12.7 Å². The molecule has 0 aliphatic heterocycles. The lowest BCUT2D eigenvalue weighted by Gasteiger charge is -2.11. The fourth-order valence-corrected chi connectivity index (χ4v) is 3.94. The third-order valence-electron chi connectivity index (χ3n) is 4.78. The van der Waals surface area contributed by atoms with Crippen LogP contribution in [-0.2, 0) is 0 Å². The zero-order chi connectivity index (χ0) is 21.8. The van der Waals surface area contributed by atoms with E-state index in [1.165, 1.54) is 17.8 Å². The summed E-state index contributed by atoms with van der Waals surface area (Å²) in [6.45, 7) is 2.00. The van der Waals surface area contributed by atoms with Crippen LogP contribution >= 0.6 is 11.8 Å². The number of ketones is 1. The van der Waals surface area contributed by atoms with Crippen LogP contribution in [0.25, 0.3) is 17.1 Å². The number of ether oxygens (including phenoxy) is 1. The summed E-state index contributed by atoms with van der Waals surface area (Å²) in [6.07, 6.45) is 0. The van der Waals surface area contributed by atoms with Crippen LogP contribution in [0.3, 0.4) is 0 Å². The minimum absolute atomic E-state index is 0.0430. The number of carbonyl (C=O) groups is 1. The van der Waals surface area contributed by atoms with Gasteiger partial charge in [0.15, 0.2) is 16.8 Å². The molecule has 0 N–H and O–H groups in total. The molecule has 1 heterocycles. The van der Waals surface area contributed by atoms with E-state index in [0.717, 1.165) is 11.3 Å². The number of aromatic nitrogens is 3. The topological polar surface area (TPSA) is 57.0 Å². The Balaban J connectivity index is 1.66. The standard InChI is InChI=1S/C24H20FN3O2S/c1-16-7-11-18(12-8-16)28-23(20-5-3-4-6-21(20)25)26-27-24(28)31-15-22(29)17-9-13-19(30-2)14-10-17/h3-14H,15H2,1-2H3. The summed E-state index contributed by atoms with van der Waals surface area (Å²) in [5.41, 5.74) is 2.84. The van der Waals surface area contributed by atoms with Gasteiger partial charge in [0.2, 0.25) is 0 Å². The Labute approximate surface area is 183 Å². The monoisotopic (exact) mass is 433 g/mol. The van der Waals surface area contributed by atoms with Crippen LogP contribution < -0.4 is 4.74 Å². The fraction of sp³-hybridized carbons (Fsp3) is 0.125. The smallest absolute Gasteiger partial charge is 0.196 e. The van der Waals surface area contributed by atoms with Gasteiger partial charge in [-0.15, -0.1) is 10.2 Å². The molecule has 0 amide bonds. The van der Waals surface area contributed by atoms with Gasteiger partial charge in [-0.1, -0.05) is 41.6 Å². The van der Waals surface area contributed by atoms with E-state index in [9.17, 15) is 9.18 Å². The van der Waals surface area contributed by atoms with E-state index in [1.807, 2.05) is 31.2 Å². The van der Waals surface area contributed by atoms with Crippen molar-refractivity contribution in [2.75, 3.05) is 12.9 Å². The quantitative estimate of drug-likeness (QED) is 0.290. The van der Waals surface area contributed by atoms with E-state index >= 15 is 0 Å². The first kappa shape index (κ1) is 20.8. The van der Waals surface area contributed by atoms with E-state index in [-0.39, 0.29) is 17.4 Å². The number of benzene rings is 3. The second kappa shape index (κ2) is 9.14. The third kappa shape index (κ3) is 4.51. The number of methoxy groups -OCH3 is 1. The van der Waals surface area contributed by atoms with Gasteiger partial charge in [0.25, 0.3) is 0 Å². The highest BCUT2D eigenvalue weighted by atomic mass is 32.2. The van der Waals surface area contributed by atoms with Crippen molar-refractivity contribution < 1.29 is 13.9 Å². The lowest BCUT2D eigenvalue weighted by Crippen LogP contribution is -2.05. The van der Waals surface area contributed by atoms with Gasteiger partial charge in [-0.25, -0.2) is 4.39 Å². The van der Waals surface area contributed by atoms with Crippen LogP contribution in [0.2, 0.25) is 0 Å². The Kier molecular flexibility index (Phi) is 6.13. The molecule has 7 heteroatoms. The maximum absolute atomic E-state index is 14.5. The van der Waals surface area contributed by atoms with Gasteiger partial charge in [0.05, 0.1) is 18.4 Å². The number of carbonyl (C=O) groups excluding carboxylic acids is 1. The molecular weight excluding hydrogens is 413 g/mol. The molecule has 0 saturated carbocycles. The maximum atomic E-state index is 14.5. The zero-order valence-electron chi connectivity index (χ0n) is 17.1. The number of hydrogen-bond acceptors (Lipinski definition) is 5. The first-order valence-corrected chi connectivity index (χ1v) is 10.6. The lowest BCUT2D eigenvalue weighted by atomic mass is 10.1. The van der Waals surface area contributed by atoms with E-state index in [1.54, 1.807) is 54.1 Å². The molecule has 0 bridgehead atoms. The minimum atomic E-state index is -0.380. The number of halogens is 1. The van der Waals surface area contributed by atoms with Crippen molar-refractivity contribution in [1.29, 1.82) is 0 Å². The van der Waals surface area contributed by atoms with E-state index in [0.29, 0.717) is 27.9 Å². The van der Waals surface area contributed by atoms with Crippen LogP contribution in [0.4, 0.5) is 4.39 Å². The van der Waals surface area contributed by atoms with Crippen molar-refractivity contribution >= 4 is 17.5 Å². The molecule has 156 valence electrons. The molecule has 0 radical (unpaired) electrons. The van der Waals surface area contributed by atoms with E-state index < -0.39 is 0 Å². The second-order valence-corrected chi connectivity index (χ2v) is 7.84. The molecule has 1 aromatic heterocycles. The predicted molar refractivity (Wildman–Crippen MR) is 120 cm³/mol. The van der Waals surface area contributed by atoms with Gasteiger partial charge in [0, 0.05) is 11.3 Å². The van der Waals surface area contributed by atoms with Gasteiger partial charge in [-0.2, -0.15) is 0 Å². The van der Waals surface area contributed by atoms with Crippen molar-refractivity contribution in [3.8, 4) is 22.8 Å². The fourth-order valence-electron chi connectivity index (χ4n) is 3.10. The maximum Gasteiger partial charge on any atom is 0.196 e. The molecule has 5 nitrogen and oxygen atoms in total. The average Bonchev–Trinajstić information content (AvgIpc) is 3.22. The number of Topliss-reactive ketones (excluding diaryl/α,β-unsaturated/α-hetero) is 1. The number of thioether (sulfide) groups is 1. The molecule has 31 heavy (non-hydrogen) atoms. The van der Waals surface area contributed by atoms with Gasteiger partial charge >= 0.3 is 0 Å². The molecule has 0 aliphatic rings. The minimum Gasteiger partial charge on any atom is -0.497 e. The highest BCUT2D eigenvalue weighted by Crippen LogP contribution is 2.30. The number of nitrogens with zero attached hydrogens (tertiary/aromatic N) is 3. The zero-order valence-corrected chi connectivity index (χ0v) is 17.9. The van der Waals surface area contributed by atoms with Crippen molar-refractivity contribution in [1.82, 2.24) is 14.8 Å². The highest BCUT2D eigenvalue weighted by Gasteiger charge is 2.19. The van der Waals surface area contributed by atoms with Crippen molar-refractivity contribution in [2.45, 2.75) is 12.1 Å². The van der Waals surface area contributed by atoms with Crippen molar-refractivity contribution in [3.63, 3.8) is 0 Å². The Morgan fingerprint density at radius 3 is 2.39 bits per heavy atom. The molecule has 4 aromatic rings. The summed E-state index contributed by atoms with van der Waals surface area (Å²) in [6, 6.07) is 21.2. The summed E-state index contributed by atoms with van der Waals surface area (Å²) in [4.78, 5) is 12.7. The Morgan fingerprint density at radius 1 is 1.00 bits per heavy atom. The normalized spacial score (nSPS) is 10.8. The molecule has 3 aromatic carbocycles. The SMILES string of the molecule is COc1ccc(C(=O)CSc2nnc(-c3ccccc3F)n2-c2ccc(C)cc2)cc1. The summed E-state index contributed by atoms with van der Waals surface area (Å²) < 4.78 is 21.4. The lowest BCUT2D eigenvalue weighted by molar-refractivity contribution is 0.102. The molecule has 0 saturated heterocycles. The second-order valence-electron chi connectivity index (χ2n) is 6.90. The first-order chi connectivity index (χ1) is 15.1. The van der Waals surface area contributed by atoms with Crippen LogP contribution in [0.1, 0.15) is 15.9 Å². The highest BCUT2D eigenvalue weighted by molar-refractivity contribution is 7.99. The first-order valence-electron chi connectivity index (χ1n) is 9.64. The Bertz CT molecular complexity index is 1200. The average molecular weight is 434 g/mol. The van der Waals surface area contributed by atoms with Crippen LogP contribution in [-0.4, -0.2) is 33.4 Å². The summed E-state index contributed by atoms with van der Waals surface area (Å²) in [7, 11) is 1.58. The molecule has 0 spiro atoms. The molecule has 0 aliphatic carbocycles. The van der Waals surface area contributed by atoms with Gasteiger partial charge in [0.1, 0.15) is 11.6 Å². The van der Waals surface area contributed by atoms with E-state index in [2.05, 4.69) is 10.2 Å². The Hall–Kier alpha value is -3.45. The molecular formula is C24H20FN3O2S. The van der Waals surface area contributed by atoms with Gasteiger partial charge < -0.3 is 4.74 Å². The summed E-state index contributed by atoms with van der Waals surface area (Å²) in [5, 5.41) is 9.02. The number of hydrogen-bond donors (Lipinski definition) is 0. The van der Waals surface area contributed by atoms with Crippen LogP contribution in [0.5, 0.6) is 5.75 Å². The van der Waals surface area contributed by atoms with Gasteiger partial charge in [-0.05, 0) is 55.5 Å². The number of rotatable bonds is 7. The van der Waals surface area contributed by atoms with Gasteiger partial charge in [-0.3, -0.25) is 9.36 Å². The van der Waals surface area contributed by atoms with E-state index in [4.69, 9.17) is 4.74 Å². The molecule has 0 unspecified atom stereocenters. The van der Waals surface area contributed by atoms with Crippen molar-refractivity contribution in [2.24, 2.45) is 0 Å². The van der Waals surface area contributed by atoms with Crippen LogP contribution in [0.15, 0.2) is 78.0 Å². The Morgan fingerprint density at radius 2 is 1.71 bits per heavy atom. The van der Waals surface area contributed by atoms with Crippen molar-refractivity contribution in [3.05, 3.63) is 89.7 Å². The molecule has 0 fully saturated rings. The predicted octanol–water partition coefficient (Wildman–Crippen LogP) is 5.37. The molecule has 0 atom stereocenters. The third-order valence-corrected chi connectivity index (χ3v) is 5.71.